The second-order valence-electron chi connectivity index (χ2n) is 9.42. The minimum Gasteiger partial charge on any atom is -0.490 e. The van der Waals surface area contributed by atoms with Gasteiger partial charge in [-0.1, -0.05) is 18.7 Å². The lowest BCUT2D eigenvalue weighted by Crippen LogP contribution is -2.23. The molecule has 0 saturated heterocycles. The summed E-state index contributed by atoms with van der Waals surface area (Å²) in [5.74, 6) is -1.33. The van der Waals surface area contributed by atoms with Gasteiger partial charge in [-0.25, -0.2) is 14.4 Å². The molecule has 3 aromatic rings. The van der Waals surface area contributed by atoms with E-state index in [2.05, 4.69) is 21.5 Å². The summed E-state index contributed by atoms with van der Waals surface area (Å²) in [5, 5.41) is 19.8. The minimum atomic E-state index is -0.910. The van der Waals surface area contributed by atoms with E-state index in [9.17, 15) is 24.5 Å². The molecule has 0 saturated carbocycles. The summed E-state index contributed by atoms with van der Waals surface area (Å²) in [6.07, 6.45) is 2.88. The van der Waals surface area contributed by atoms with Crippen molar-refractivity contribution in [3.63, 3.8) is 0 Å². The Labute approximate surface area is 259 Å². The van der Waals surface area contributed by atoms with Crippen LogP contribution >= 0.6 is 0 Å². The van der Waals surface area contributed by atoms with E-state index < -0.39 is 28.5 Å². The van der Waals surface area contributed by atoms with Gasteiger partial charge in [-0.3, -0.25) is 10.1 Å². The Hall–Kier alpha value is -5.85. The van der Waals surface area contributed by atoms with Gasteiger partial charge in [0, 0.05) is 30.5 Å². The van der Waals surface area contributed by atoms with Gasteiger partial charge in [0.05, 0.1) is 30.0 Å². The molecule has 0 spiro atoms. The number of methoxy groups -OCH3 is 1. The molecule has 0 aliphatic carbocycles. The van der Waals surface area contributed by atoms with Crippen LogP contribution in [0.3, 0.4) is 0 Å². The molecule has 3 aromatic carbocycles. The molecule has 0 heterocycles. The number of hydrogen-bond donors (Lipinski definition) is 0. The zero-order chi connectivity index (χ0) is 32.8. The summed E-state index contributed by atoms with van der Waals surface area (Å²) in [5.41, 5.74) is 1.96. The van der Waals surface area contributed by atoms with Gasteiger partial charge in [0.15, 0.2) is 0 Å². The molecule has 0 aliphatic heterocycles. The molecule has 0 atom stereocenters. The standard InChI is InChI=1S/C32H32N4O9/c1-22(2)31(38)44-18-17-35(3)26-11-8-24(9-12-26)33-34-25-10-15-29(36(40)41)28(21-25)32(39)45-20-19-43-27-13-5-23(6-14-27)7-16-30(37)42-4/h5-16,21H,1,17-20H2,2-4H3/b16-7+,34-33+. The summed E-state index contributed by atoms with van der Waals surface area (Å²) in [6, 6.07) is 17.6. The monoisotopic (exact) mass is 616 g/mol. The van der Waals surface area contributed by atoms with Crippen molar-refractivity contribution in [1.82, 2.24) is 0 Å². The number of hydrogen-bond acceptors (Lipinski definition) is 12. The van der Waals surface area contributed by atoms with Gasteiger partial charge in [-0.05, 0) is 67.1 Å². The maximum atomic E-state index is 12.7. The van der Waals surface area contributed by atoms with Crippen LogP contribution in [-0.4, -0.2) is 63.4 Å². The number of nitrogens with zero attached hydrogens (tertiary/aromatic N) is 4. The van der Waals surface area contributed by atoms with Crippen LogP contribution in [0.5, 0.6) is 5.75 Å². The molecule has 0 aliphatic rings. The molecule has 45 heavy (non-hydrogen) atoms. The molecule has 3 rings (SSSR count). The predicted molar refractivity (Wildman–Crippen MR) is 166 cm³/mol. The number of esters is 3. The molecule has 0 aromatic heterocycles. The SMILES string of the molecule is C=C(C)C(=O)OCCN(C)c1ccc(/N=N/c2ccc([N+](=O)[O-])c(C(=O)OCCOc3ccc(/C=C/C(=O)OC)cc3)c2)cc1. The first-order valence-electron chi connectivity index (χ1n) is 13.6. The van der Waals surface area contributed by atoms with Crippen LogP contribution in [0, 0.1) is 10.1 Å². The zero-order valence-electron chi connectivity index (χ0n) is 25.0. The number of carbonyl (C=O) groups excluding carboxylic acids is 3. The average molecular weight is 617 g/mol. The van der Waals surface area contributed by atoms with Gasteiger partial charge in [-0.2, -0.15) is 10.2 Å². The van der Waals surface area contributed by atoms with Crippen molar-refractivity contribution in [3.8, 4) is 5.75 Å². The van der Waals surface area contributed by atoms with Crippen LogP contribution in [0.1, 0.15) is 22.8 Å². The van der Waals surface area contributed by atoms with Crippen LogP contribution in [0.4, 0.5) is 22.7 Å². The first-order valence-corrected chi connectivity index (χ1v) is 13.6. The molecule has 0 amide bonds. The van der Waals surface area contributed by atoms with Crippen molar-refractivity contribution < 1.29 is 38.3 Å². The molecule has 13 heteroatoms. The van der Waals surface area contributed by atoms with E-state index in [1.54, 1.807) is 49.4 Å². The molecular formula is C32H32N4O9. The first-order chi connectivity index (χ1) is 21.6. The van der Waals surface area contributed by atoms with E-state index in [1.807, 2.05) is 24.1 Å². The van der Waals surface area contributed by atoms with Gasteiger partial charge in [0.25, 0.3) is 5.69 Å². The van der Waals surface area contributed by atoms with E-state index in [0.29, 0.717) is 23.6 Å². The highest BCUT2D eigenvalue weighted by atomic mass is 16.6. The van der Waals surface area contributed by atoms with E-state index in [4.69, 9.17) is 14.2 Å². The maximum absolute atomic E-state index is 12.7. The summed E-state index contributed by atoms with van der Waals surface area (Å²) >= 11 is 0. The Morgan fingerprint density at radius 2 is 1.60 bits per heavy atom. The van der Waals surface area contributed by atoms with Crippen LogP contribution in [0.2, 0.25) is 0 Å². The molecule has 13 nitrogen and oxygen atoms in total. The molecule has 0 unspecified atom stereocenters. The maximum Gasteiger partial charge on any atom is 0.345 e. The number of ether oxygens (including phenoxy) is 4. The molecule has 234 valence electrons. The van der Waals surface area contributed by atoms with Crippen LogP contribution < -0.4 is 9.64 Å². The quantitative estimate of drug-likeness (QED) is 0.0378. The van der Waals surface area contributed by atoms with Gasteiger partial charge in [-0.15, -0.1) is 0 Å². The number of nitro benzene ring substituents is 1. The van der Waals surface area contributed by atoms with E-state index in [-0.39, 0.29) is 31.1 Å². The number of carbonyl (C=O) groups is 3. The third-order valence-electron chi connectivity index (χ3n) is 6.05. The number of nitro groups is 1. The third kappa shape index (κ3) is 10.7. The zero-order valence-corrected chi connectivity index (χ0v) is 25.0. The average Bonchev–Trinajstić information content (AvgIpc) is 3.04. The second kappa shape index (κ2) is 16.7. The van der Waals surface area contributed by atoms with Crippen molar-refractivity contribution in [2.45, 2.75) is 6.92 Å². The largest absolute Gasteiger partial charge is 0.490 e. The van der Waals surface area contributed by atoms with Gasteiger partial charge < -0.3 is 23.8 Å². The van der Waals surface area contributed by atoms with Crippen molar-refractivity contribution in [3.05, 3.63) is 106 Å². The molecule has 0 bridgehead atoms. The van der Waals surface area contributed by atoms with E-state index in [1.165, 1.54) is 25.3 Å². The fourth-order valence-corrected chi connectivity index (χ4v) is 3.60. The predicted octanol–water partition coefficient (Wildman–Crippen LogP) is 5.99. The third-order valence-corrected chi connectivity index (χ3v) is 6.05. The lowest BCUT2D eigenvalue weighted by molar-refractivity contribution is -0.385. The van der Waals surface area contributed by atoms with Crippen molar-refractivity contribution >= 4 is 46.7 Å². The normalized spacial score (nSPS) is 10.8. The van der Waals surface area contributed by atoms with Crippen LogP contribution in [0.25, 0.3) is 6.08 Å². The summed E-state index contributed by atoms with van der Waals surface area (Å²) in [4.78, 5) is 48.2. The Morgan fingerprint density at radius 3 is 2.24 bits per heavy atom. The number of azo groups is 1. The smallest absolute Gasteiger partial charge is 0.345 e. The number of likely N-dealkylation sites (N-methyl/N-ethyl adjacent to an activating group) is 1. The van der Waals surface area contributed by atoms with E-state index in [0.717, 1.165) is 17.3 Å². The van der Waals surface area contributed by atoms with Gasteiger partial charge in [0.2, 0.25) is 0 Å². The minimum absolute atomic E-state index is 0.00110. The summed E-state index contributed by atoms with van der Waals surface area (Å²) in [7, 11) is 3.14. The Kier molecular flexibility index (Phi) is 12.5. The van der Waals surface area contributed by atoms with Crippen molar-refractivity contribution in [2.75, 3.05) is 45.4 Å². The highest BCUT2D eigenvalue weighted by Crippen LogP contribution is 2.27. The second-order valence-corrected chi connectivity index (χ2v) is 9.42. The Balaban J connectivity index is 1.56. The lowest BCUT2D eigenvalue weighted by atomic mass is 10.1. The molecular weight excluding hydrogens is 584 g/mol. The highest BCUT2D eigenvalue weighted by Gasteiger charge is 2.22. The number of rotatable bonds is 15. The van der Waals surface area contributed by atoms with Crippen molar-refractivity contribution in [2.24, 2.45) is 10.2 Å². The first kappa shape index (κ1) is 33.6. The van der Waals surface area contributed by atoms with Crippen LogP contribution in [-0.2, 0) is 23.8 Å². The van der Waals surface area contributed by atoms with Crippen LogP contribution in [0.15, 0.2) is 95.2 Å². The Bertz CT molecular complexity index is 1580. The van der Waals surface area contributed by atoms with Gasteiger partial charge in [0.1, 0.15) is 31.1 Å². The molecule has 0 N–H and O–H groups in total. The molecule has 0 radical (unpaired) electrons. The Morgan fingerprint density at radius 1 is 0.933 bits per heavy atom. The van der Waals surface area contributed by atoms with Gasteiger partial charge >= 0.3 is 17.9 Å². The van der Waals surface area contributed by atoms with Crippen molar-refractivity contribution in [1.29, 1.82) is 0 Å². The van der Waals surface area contributed by atoms with E-state index >= 15 is 0 Å². The molecule has 0 fully saturated rings. The number of anilines is 1. The fraction of sp³-hybridized carbons (Fsp3) is 0.219. The number of benzene rings is 3. The lowest BCUT2D eigenvalue weighted by Gasteiger charge is -2.19. The highest BCUT2D eigenvalue weighted by molar-refractivity contribution is 5.95. The summed E-state index contributed by atoms with van der Waals surface area (Å²) < 4.78 is 20.4. The summed E-state index contributed by atoms with van der Waals surface area (Å²) in [6.45, 7) is 5.64. The topological polar surface area (TPSA) is 159 Å². The fourth-order valence-electron chi connectivity index (χ4n) is 3.60.